The van der Waals surface area contributed by atoms with Crippen molar-refractivity contribution in [1.82, 2.24) is 4.31 Å². The Morgan fingerprint density at radius 2 is 1.52 bits per heavy atom. The summed E-state index contributed by atoms with van der Waals surface area (Å²) in [7, 11) is -1.86. The van der Waals surface area contributed by atoms with E-state index in [1.165, 1.54) is 16.4 Å². The number of methoxy groups -OCH3 is 1. The smallest absolute Gasteiger partial charge is 0.243 e. The first-order chi connectivity index (χ1) is 12.0. The third-order valence-corrected chi connectivity index (χ3v) is 6.38. The minimum Gasteiger partial charge on any atom is -0.497 e. The fourth-order valence-corrected chi connectivity index (χ4v) is 4.39. The van der Waals surface area contributed by atoms with Crippen LogP contribution in [0.4, 0.5) is 0 Å². The second-order valence-corrected chi connectivity index (χ2v) is 8.23. The lowest BCUT2D eigenvalue weighted by atomic mass is 10.1. The van der Waals surface area contributed by atoms with Crippen LogP contribution in [-0.2, 0) is 10.0 Å². The van der Waals surface area contributed by atoms with Gasteiger partial charge in [0, 0.05) is 18.1 Å². The van der Waals surface area contributed by atoms with E-state index < -0.39 is 10.0 Å². The summed E-state index contributed by atoms with van der Waals surface area (Å²) in [6.45, 7) is 0.873. The Labute approximate surface area is 153 Å². The molecule has 0 spiro atoms. The number of ether oxygens (including phenoxy) is 2. The van der Waals surface area contributed by atoms with Crippen molar-refractivity contribution in [3.05, 3.63) is 53.6 Å². The predicted octanol–water partition coefficient (Wildman–Crippen LogP) is 3.58. The molecular weight excluding hydrogens is 362 g/mol. The molecule has 0 unspecified atom stereocenters. The van der Waals surface area contributed by atoms with Gasteiger partial charge >= 0.3 is 0 Å². The lowest BCUT2D eigenvalue weighted by Crippen LogP contribution is -2.41. The molecule has 0 radical (unpaired) electrons. The molecule has 1 aliphatic heterocycles. The van der Waals surface area contributed by atoms with Crippen molar-refractivity contribution in [2.24, 2.45) is 0 Å². The Bertz CT molecular complexity index is 798. The van der Waals surface area contributed by atoms with Gasteiger partial charge in [0.1, 0.15) is 17.6 Å². The van der Waals surface area contributed by atoms with Gasteiger partial charge in [-0.3, -0.25) is 0 Å². The Morgan fingerprint density at radius 1 is 0.960 bits per heavy atom. The molecule has 0 saturated carbocycles. The van der Waals surface area contributed by atoms with E-state index in [1.54, 1.807) is 19.2 Å². The van der Waals surface area contributed by atoms with E-state index in [0.29, 0.717) is 31.0 Å². The lowest BCUT2D eigenvalue weighted by molar-refractivity contribution is 0.135. The number of nitrogens with zero attached hydrogens (tertiary/aromatic N) is 1. The molecule has 134 valence electrons. The summed E-state index contributed by atoms with van der Waals surface area (Å²) >= 11 is 5.83. The summed E-state index contributed by atoms with van der Waals surface area (Å²) < 4.78 is 37.9. The fraction of sp³-hybridized carbons (Fsp3) is 0.333. The molecule has 7 heteroatoms. The SMILES string of the molecule is COc1ccc(OC2CCN(S(=O)(=O)c3ccc(Cl)cc3)CC2)cc1. The fourth-order valence-electron chi connectivity index (χ4n) is 2.79. The predicted molar refractivity (Wildman–Crippen MR) is 96.9 cm³/mol. The topological polar surface area (TPSA) is 55.8 Å². The number of halogens is 1. The molecule has 1 heterocycles. The zero-order valence-electron chi connectivity index (χ0n) is 13.9. The summed E-state index contributed by atoms with van der Waals surface area (Å²) in [5.74, 6) is 1.54. The van der Waals surface area contributed by atoms with Crippen molar-refractivity contribution in [3.8, 4) is 11.5 Å². The highest BCUT2D eigenvalue weighted by atomic mass is 35.5. The molecular formula is C18H20ClNO4S. The number of benzene rings is 2. The van der Waals surface area contributed by atoms with Crippen LogP contribution in [0.1, 0.15) is 12.8 Å². The molecule has 2 aromatic rings. The zero-order valence-corrected chi connectivity index (χ0v) is 15.5. The van der Waals surface area contributed by atoms with Crippen LogP contribution in [-0.4, -0.2) is 39.0 Å². The van der Waals surface area contributed by atoms with E-state index in [9.17, 15) is 8.42 Å². The van der Waals surface area contributed by atoms with Crippen LogP contribution in [0.3, 0.4) is 0 Å². The van der Waals surface area contributed by atoms with Crippen molar-refractivity contribution in [1.29, 1.82) is 0 Å². The summed E-state index contributed by atoms with van der Waals surface area (Å²) in [5, 5.41) is 0.519. The van der Waals surface area contributed by atoms with E-state index in [2.05, 4.69) is 0 Å². The van der Waals surface area contributed by atoms with Crippen molar-refractivity contribution in [2.75, 3.05) is 20.2 Å². The Hall–Kier alpha value is -1.76. The first-order valence-electron chi connectivity index (χ1n) is 8.05. The van der Waals surface area contributed by atoms with Crippen LogP contribution in [0, 0.1) is 0 Å². The van der Waals surface area contributed by atoms with Crippen molar-refractivity contribution < 1.29 is 17.9 Å². The number of hydrogen-bond acceptors (Lipinski definition) is 4. The standard InChI is InChI=1S/C18H20ClNO4S/c1-23-15-4-6-16(7-5-15)24-17-10-12-20(13-11-17)25(21,22)18-8-2-14(19)3-9-18/h2-9,17H,10-13H2,1H3. The highest BCUT2D eigenvalue weighted by Crippen LogP contribution is 2.25. The molecule has 0 atom stereocenters. The van der Waals surface area contributed by atoms with Gasteiger partial charge in [-0.05, 0) is 61.4 Å². The second-order valence-electron chi connectivity index (χ2n) is 5.85. The number of sulfonamides is 1. The van der Waals surface area contributed by atoms with Crippen molar-refractivity contribution >= 4 is 21.6 Å². The van der Waals surface area contributed by atoms with Gasteiger partial charge in [-0.2, -0.15) is 4.31 Å². The van der Waals surface area contributed by atoms with Gasteiger partial charge in [0.05, 0.1) is 12.0 Å². The number of piperidine rings is 1. The van der Waals surface area contributed by atoms with Crippen LogP contribution in [0.5, 0.6) is 11.5 Å². The monoisotopic (exact) mass is 381 g/mol. The highest BCUT2D eigenvalue weighted by Gasteiger charge is 2.30. The van der Waals surface area contributed by atoms with Crippen LogP contribution in [0.25, 0.3) is 0 Å². The molecule has 3 rings (SSSR count). The average Bonchev–Trinajstić information content (AvgIpc) is 2.63. The molecule has 1 aliphatic rings. The molecule has 0 amide bonds. The van der Waals surface area contributed by atoms with Gasteiger partial charge < -0.3 is 9.47 Å². The van der Waals surface area contributed by atoms with Gasteiger partial charge in [0.15, 0.2) is 0 Å². The van der Waals surface area contributed by atoms with Crippen LogP contribution in [0.15, 0.2) is 53.4 Å². The molecule has 2 aromatic carbocycles. The van der Waals surface area contributed by atoms with Crippen LogP contribution in [0.2, 0.25) is 5.02 Å². The van der Waals surface area contributed by atoms with Gasteiger partial charge in [-0.25, -0.2) is 8.42 Å². The zero-order chi connectivity index (χ0) is 17.9. The van der Waals surface area contributed by atoms with Crippen LogP contribution < -0.4 is 9.47 Å². The van der Waals surface area contributed by atoms with E-state index in [-0.39, 0.29) is 11.0 Å². The minimum absolute atomic E-state index is 0.00469. The maximum Gasteiger partial charge on any atom is 0.243 e. The van der Waals surface area contributed by atoms with E-state index >= 15 is 0 Å². The van der Waals surface area contributed by atoms with Gasteiger partial charge in [-0.15, -0.1) is 0 Å². The normalized spacial score (nSPS) is 16.6. The third-order valence-electron chi connectivity index (χ3n) is 4.21. The van der Waals surface area contributed by atoms with E-state index in [0.717, 1.165) is 11.5 Å². The van der Waals surface area contributed by atoms with Crippen LogP contribution >= 0.6 is 11.6 Å². The summed E-state index contributed by atoms with van der Waals surface area (Å²) in [6, 6.07) is 13.7. The van der Waals surface area contributed by atoms with Crippen molar-refractivity contribution in [2.45, 2.75) is 23.8 Å². The molecule has 0 bridgehead atoms. The van der Waals surface area contributed by atoms with Gasteiger partial charge in [0.2, 0.25) is 10.0 Å². The van der Waals surface area contributed by atoms with Gasteiger partial charge in [-0.1, -0.05) is 11.6 Å². The molecule has 1 fully saturated rings. The lowest BCUT2D eigenvalue weighted by Gasteiger charge is -2.31. The number of rotatable bonds is 5. The number of hydrogen-bond donors (Lipinski definition) is 0. The second kappa shape index (κ2) is 7.64. The Kier molecular flexibility index (Phi) is 5.51. The van der Waals surface area contributed by atoms with E-state index in [1.807, 2.05) is 24.3 Å². The third kappa shape index (κ3) is 4.26. The largest absolute Gasteiger partial charge is 0.497 e. The minimum atomic E-state index is -3.48. The molecule has 0 N–H and O–H groups in total. The first-order valence-corrected chi connectivity index (χ1v) is 9.87. The quantitative estimate of drug-likeness (QED) is 0.794. The molecule has 1 saturated heterocycles. The molecule has 25 heavy (non-hydrogen) atoms. The molecule has 0 aliphatic carbocycles. The maximum atomic E-state index is 12.7. The maximum absolute atomic E-state index is 12.7. The Balaban J connectivity index is 1.60. The summed E-state index contributed by atoms with van der Waals surface area (Å²) in [5.41, 5.74) is 0. The van der Waals surface area contributed by atoms with Crippen molar-refractivity contribution in [3.63, 3.8) is 0 Å². The summed E-state index contributed by atoms with van der Waals surface area (Å²) in [6.07, 6.45) is 1.31. The highest BCUT2D eigenvalue weighted by molar-refractivity contribution is 7.89. The molecule has 5 nitrogen and oxygen atoms in total. The summed E-state index contributed by atoms with van der Waals surface area (Å²) in [4.78, 5) is 0.270. The van der Waals surface area contributed by atoms with E-state index in [4.69, 9.17) is 21.1 Å². The first kappa shape index (κ1) is 18.0. The van der Waals surface area contributed by atoms with Gasteiger partial charge in [0.25, 0.3) is 0 Å². The molecule has 0 aromatic heterocycles. The average molecular weight is 382 g/mol. The Morgan fingerprint density at radius 3 is 2.08 bits per heavy atom.